The highest BCUT2D eigenvalue weighted by molar-refractivity contribution is 7.15. The molecular weight excluding hydrogens is 266 g/mol. The number of aromatic carboxylic acids is 1. The third kappa shape index (κ3) is 4.51. The Morgan fingerprint density at radius 1 is 1.37 bits per heavy atom. The summed E-state index contributed by atoms with van der Waals surface area (Å²) in [5.74, 6) is -0.797. The molecule has 0 saturated carbocycles. The molecule has 0 aliphatic heterocycles. The molecule has 1 aromatic heterocycles. The summed E-state index contributed by atoms with van der Waals surface area (Å²) in [5.41, 5.74) is 0.0299. The van der Waals surface area contributed by atoms with Gasteiger partial charge in [-0.1, -0.05) is 13.8 Å². The summed E-state index contributed by atoms with van der Waals surface area (Å²) < 4.78 is 0. The summed E-state index contributed by atoms with van der Waals surface area (Å²) in [7, 11) is 0. The fourth-order valence-electron chi connectivity index (χ4n) is 1.37. The zero-order valence-electron chi connectivity index (χ0n) is 11.5. The molecule has 0 spiro atoms. The molecule has 0 fully saturated rings. The first-order chi connectivity index (χ1) is 8.81. The van der Waals surface area contributed by atoms with Gasteiger partial charge in [-0.2, -0.15) is 0 Å². The van der Waals surface area contributed by atoms with Crippen molar-refractivity contribution in [2.24, 2.45) is 5.92 Å². The predicted molar refractivity (Wildman–Crippen MR) is 74.7 cm³/mol. The Bertz CT molecular complexity index is 471. The summed E-state index contributed by atoms with van der Waals surface area (Å²) >= 11 is 1.23. The van der Waals surface area contributed by atoms with Crippen LogP contribution in [-0.4, -0.2) is 34.6 Å². The second-order valence-corrected chi connectivity index (χ2v) is 5.94. The number of aromatic nitrogens is 1. The standard InChI is InChI=1S/C12H19N3O3S/c1-6(2)5-13-10(16)7(3)14-12-15-9(11(17)18)8(4)19-12/h6-7H,5H2,1-4H3,(H,13,16)(H,14,15)(H,17,18). The van der Waals surface area contributed by atoms with Gasteiger partial charge in [-0.15, -0.1) is 11.3 Å². The van der Waals surface area contributed by atoms with Gasteiger partial charge in [0.05, 0.1) is 0 Å². The third-order valence-corrected chi connectivity index (χ3v) is 3.32. The number of amides is 1. The molecule has 0 aliphatic rings. The van der Waals surface area contributed by atoms with Gasteiger partial charge in [0.15, 0.2) is 10.8 Å². The van der Waals surface area contributed by atoms with Crippen molar-refractivity contribution in [2.45, 2.75) is 33.7 Å². The first-order valence-electron chi connectivity index (χ1n) is 6.06. The molecule has 0 aliphatic carbocycles. The first kappa shape index (κ1) is 15.4. The number of hydrogen-bond donors (Lipinski definition) is 3. The maximum absolute atomic E-state index is 11.8. The van der Waals surface area contributed by atoms with Crippen LogP contribution in [0.25, 0.3) is 0 Å². The number of carboxylic acid groups (broad SMARTS) is 1. The molecule has 1 unspecified atom stereocenters. The number of carbonyl (C=O) groups is 2. The molecule has 1 amide bonds. The van der Waals surface area contributed by atoms with E-state index in [1.807, 2.05) is 13.8 Å². The summed E-state index contributed by atoms with van der Waals surface area (Å²) in [6, 6.07) is -0.453. The molecule has 106 valence electrons. The quantitative estimate of drug-likeness (QED) is 0.740. The fourth-order valence-corrected chi connectivity index (χ4v) is 2.26. The molecule has 0 bridgehead atoms. The molecular formula is C12H19N3O3S. The van der Waals surface area contributed by atoms with Crippen molar-refractivity contribution in [1.82, 2.24) is 10.3 Å². The topological polar surface area (TPSA) is 91.3 Å². The Hall–Kier alpha value is -1.63. The Morgan fingerprint density at radius 2 is 2.00 bits per heavy atom. The lowest BCUT2D eigenvalue weighted by atomic mass is 10.2. The number of nitrogens with zero attached hydrogens (tertiary/aromatic N) is 1. The van der Waals surface area contributed by atoms with Crippen molar-refractivity contribution in [3.63, 3.8) is 0 Å². The second kappa shape index (κ2) is 6.51. The van der Waals surface area contributed by atoms with Crippen LogP contribution in [0.1, 0.15) is 36.1 Å². The van der Waals surface area contributed by atoms with Crippen molar-refractivity contribution < 1.29 is 14.7 Å². The van der Waals surface area contributed by atoms with E-state index < -0.39 is 12.0 Å². The highest BCUT2D eigenvalue weighted by Crippen LogP contribution is 2.22. The molecule has 1 aromatic rings. The summed E-state index contributed by atoms with van der Waals surface area (Å²) in [6.45, 7) is 8.05. The largest absolute Gasteiger partial charge is 0.476 e. The van der Waals surface area contributed by atoms with Crippen LogP contribution in [-0.2, 0) is 4.79 Å². The smallest absolute Gasteiger partial charge is 0.355 e. The van der Waals surface area contributed by atoms with E-state index in [1.165, 1.54) is 11.3 Å². The Morgan fingerprint density at radius 3 is 2.47 bits per heavy atom. The zero-order valence-corrected chi connectivity index (χ0v) is 12.3. The van der Waals surface area contributed by atoms with Gasteiger partial charge in [-0.05, 0) is 19.8 Å². The van der Waals surface area contributed by atoms with Crippen LogP contribution in [0, 0.1) is 12.8 Å². The van der Waals surface area contributed by atoms with Gasteiger partial charge in [0, 0.05) is 11.4 Å². The van der Waals surface area contributed by atoms with Crippen molar-refractivity contribution in [1.29, 1.82) is 0 Å². The van der Waals surface area contributed by atoms with Crippen LogP contribution >= 0.6 is 11.3 Å². The number of thiazole rings is 1. The molecule has 6 nitrogen and oxygen atoms in total. The van der Waals surface area contributed by atoms with Crippen LogP contribution < -0.4 is 10.6 Å². The third-order valence-electron chi connectivity index (χ3n) is 2.42. The molecule has 7 heteroatoms. The fraction of sp³-hybridized carbons (Fsp3) is 0.583. The molecule has 1 heterocycles. The molecule has 0 aromatic carbocycles. The second-order valence-electron chi connectivity index (χ2n) is 4.73. The molecule has 3 N–H and O–H groups in total. The van der Waals surface area contributed by atoms with Gasteiger partial charge < -0.3 is 15.7 Å². The number of carboxylic acids is 1. The van der Waals surface area contributed by atoms with Crippen molar-refractivity contribution in [2.75, 3.05) is 11.9 Å². The van der Waals surface area contributed by atoms with Gasteiger partial charge in [0.1, 0.15) is 6.04 Å². The van der Waals surface area contributed by atoms with Crippen molar-refractivity contribution in [3.05, 3.63) is 10.6 Å². The van der Waals surface area contributed by atoms with Crippen LogP contribution in [0.5, 0.6) is 0 Å². The lowest BCUT2D eigenvalue weighted by Crippen LogP contribution is -2.39. The van der Waals surface area contributed by atoms with Crippen LogP contribution in [0.4, 0.5) is 5.13 Å². The molecule has 0 radical (unpaired) electrons. The molecule has 1 atom stereocenters. The summed E-state index contributed by atoms with van der Waals surface area (Å²) in [5, 5.41) is 15.1. The highest BCUT2D eigenvalue weighted by Gasteiger charge is 2.18. The minimum atomic E-state index is -1.06. The van der Waals surface area contributed by atoms with E-state index in [-0.39, 0.29) is 11.6 Å². The van der Waals surface area contributed by atoms with Gasteiger partial charge >= 0.3 is 5.97 Å². The van der Waals surface area contributed by atoms with Crippen molar-refractivity contribution in [3.8, 4) is 0 Å². The van der Waals surface area contributed by atoms with Gasteiger partial charge in [-0.25, -0.2) is 9.78 Å². The minimum absolute atomic E-state index is 0.0299. The summed E-state index contributed by atoms with van der Waals surface area (Å²) in [6.07, 6.45) is 0. The Labute approximate surface area is 116 Å². The van der Waals surface area contributed by atoms with E-state index in [9.17, 15) is 9.59 Å². The Kier molecular flexibility index (Phi) is 5.29. The monoisotopic (exact) mass is 285 g/mol. The SMILES string of the molecule is Cc1sc(NC(C)C(=O)NCC(C)C)nc1C(=O)O. The van der Waals surface area contributed by atoms with Crippen molar-refractivity contribution >= 4 is 28.3 Å². The first-order valence-corrected chi connectivity index (χ1v) is 6.88. The maximum atomic E-state index is 11.8. The minimum Gasteiger partial charge on any atom is -0.476 e. The lowest BCUT2D eigenvalue weighted by Gasteiger charge is -2.14. The molecule has 1 rings (SSSR count). The zero-order chi connectivity index (χ0) is 14.6. The average Bonchev–Trinajstić information content (AvgIpc) is 2.67. The van der Waals surface area contributed by atoms with E-state index in [0.29, 0.717) is 22.5 Å². The maximum Gasteiger partial charge on any atom is 0.355 e. The van der Waals surface area contributed by atoms with Gasteiger partial charge in [-0.3, -0.25) is 4.79 Å². The van der Waals surface area contributed by atoms with E-state index >= 15 is 0 Å². The van der Waals surface area contributed by atoms with Crippen LogP contribution in [0.15, 0.2) is 0 Å². The predicted octanol–water partition coefficient (Wildman–Crippen LogP) is 1.72. The number of hydrogen-bond acceptors (Lipinski definition) is 5. The number of aryl methyl sites for hydroxylation is 1. The number of carbonyl (C=O) groups excluding carboxylic acids is 1. The van der Waals surface area contributed by atoms with Crippen LogP contribution in [0.3, 0.4) is 0 Å². The van der Waals surface area contributed by atoms with E-state index in [2.05, 4.69) is 15.6 Å². The Balaban J connectivity index is 2.61. The van der Waals surface area contributed by atoms with E-state index in [0.717, 1.165) is 0 Å². The van der Waals surface area contributed by atoms with Crippen LogP contribution in [0.2, 0.25) is 0 Å². The molecule has 19 heavy (non-hydrogen) atoms. The summed E-state index contributed by atoms with van der Waals surface area (Å²) in [4.78, 5) is 27.2. The molecule has 0 saturated heterocycles. The van der Waals surface area contributed by atoms with E-state index in [4.69, 9.17) is 5.11 Å². The normalized spacial score (nSPS) is 12.3. The lowest BCUT2D eigenvalue weighted by molar-refractivity contribution is -0.121. The highest BCUT2D eigenvalue weighted by atomic mass is 32.1. The average molecular weight is 285 g/mol. The van der Waals surface area contributed by atoms with Gasteiger partial charge in [0.2, 0.25) is 5.91 Å². The van der Waals surface area contributed by atoms with Gasteiger partial charge in [0.25, 0.3) is 0 Å². The number of rotatable bonds is 6. The van der Waals surface area contributed by atoms with E-state index in [1.54, 1.807) is 13.8 Å². The number of nitrogens with one attached hydrogen (secondary N) is 2. The number of anilines is 1.